The molecule has 0 spiro atoms. The quantitative estimate of drug-likeness (QED) is 0.590. The molecule has 30 heavy (non-hydrogen) atoms. The van der Waals surface area contributed by atoms with Gasteiger partial charge in [-0.3, -0.25) is 4.79 Å². The Hall–Kier alpha value is -2.99. The lowest BCUT2D eigenvalue weighted by atomic mass is 10.1. The normalized spacial score (nSPS) is 16.0. The topological polar surface area (TPSA) is 47.4 Å². The number of carbonyl (C=O) groups excluding carboxylic acids is 1. The van der Waals surface area contributed by atoms with E-state index < -0.39 is 0 Å². The number of benzene rings is 2. The zero-order valence-electron chi connectivity index (χ0n) is 17.1. The predicted molar refractivity (Wildman–Crippen MR) is 113 cm³/mol. The van der Waals surface area contributed by atoms with Gasteiger partial charge in [-0.15, -0.1) is 0 Å². The summed E-state index contributed by atoms with van der Waals surface area (Å²) in [6.07, 6.45) is 5.66. The van der Waals surface area contributed by atoms with E-state index in [1.54, 1.807) is 11.1 Å². The molecule has 6 heteroatoms. The third kappa shape index (κ3) is 4.94. The molecule has 0 bridgehead atoms. The van der Waals surface area contributed by atoms with Gasteiger partial charge >= 0.3 is 0 Å². The van der Waals surface area contributed by atoms with Gasteiger partial charge in [0.25, 0.3) is 5.91 Å². The van der Waals surface area contributed by atoms with Gasteiger partial charge in [-0.05, 0) is 49.6 Å². The molecule has 0 radical (unpaired) electrons. The molecule has 4 rings (SSSR count). The summed E-state index contributed by atoms with van der Waals surface area (Å²) in [5.41, 5.74) is 2.86. The maximum atomic E-state index is 13.3. The molecule has 5 nitrogen and oxygen atoms in total. The monoisotopic (exact) mass is 407 g/mol. The summed E-state index contributed by atoms with van der Waals surface area (Å²) >= 11 is 0. The molecule has 2 aromatic carbocycles. The summed E-state index contributed by atoms with van der Waals surface area (Å²) < 4.78 is 21.1. The fourth-order valence-corrected chi connectivity index (χ4v) is 3.72. The number of aromatic nitrogens is 2. The van der Waals surface area contributed by atoms with Gasteiger partial charge in [0.15, 0.2) is 0 Å². The zero-order valence-corrected chi connectivity index (χ0v) is 17.1. The SMILES string of the molecule is Cc1ccc(Cn2ccnc2CN(C[C@H]2CCCO2)C(=O)c2ccc(F)cc2)cc1. The van der Waals surface area contributed by atoms with Crippen LogP contribution in [0.1, 0.15) is 40.2 Å². The van der Waals surface area contributed by atoms with Crippen LogP contribution in [0.5, 0.6) is 0 Å². The third-order valence-electron chi connectivity index (χ3n) is 5.43. The number of rotatable bonds is 7. The minimum absolute atomic E-state index is 0.0231. The first-order valence-corrected chi connectivity index (χ1v) is 10.3. The van der Waals surface area contributed by atoms with Crippen LogP contribution in [0.25, 0.3) is 0 Å². The second-order valence-corrected chi connectivity index (χ2v) is 7.78. The first-order chi connectivity index (χ1) is 14.6. The van der Waals surface area contributed by atoms with E-state index in [0.29, 0.717) is 25.2 Å². The molecule has 156 valence electrons. The van der Waals surface area contributed by atoms with E-state index in [9.17, 15) is 9.18 Å². The molecule has 1 fully saturated rings. The van der Waals surface area contributed by atoms with Crippen LogP contribution in [0.3, 0.4) is 0 Å². The zero-order chi connectivity index (χ0) is 20.9. The van der Waals surface area contributed by atoms with Crippen molar-refractivity contribution in [3.63, 3.8) is 0 Å². The number of hydrogen-bond acceptors (Lipinski definition) is 3. The van der Waals surface area contributed by atoms with Crippen LogP contribution in [-0.2, 0) is 17.8 Å². The number of aryl methyl sites for hydroxylation is 1. The number of amides is 1. The number of hydrogen-bond donors (Lipinski definition) is 0. The van der Waals surface area contributed by atoms with Crippen molar-refractivity contribution in [2.75, 3.05) is 13.2 Å². The van der Waals surface area contributed by atoms with Crippen molar-refractivity contribution in [3.8, 4) is 0 Å². The van der Waals surface area contributed by atoms with Crippen molar-refractivity contribution in [1.29, 1.82) is 0 Å². The lowest BCUT2D eigenvalue weighted by molar-refractivity contribution is 0.0499. The number of imidazole rings is 1. The van der Waals surface area contributed by atoms with Crippen LogP contribution in [0.4, 0.5) is 4.39 Å². The number of halogens is 1. The van der Waals surface area contributed by atoms with Crippen LogP contribution >= 0.6 is 0 Å². The van der Waals surface area contributed by atoms with Gasteiger partial charge in [0, 0.05) is 37.7 Å². The standard InChI is InChI=1S/C24H26FN3O2/c1-18-4-6-19(7-5-18)15-27-13-12-26-23(27)17-28(16-22-3-2-14-30-22)24(29)20-8-10-21(25)11-9-20/h4-13,22H,2-3,14-17H2,1H3/t22-/m1/s1. The summed E-state index contributed by atoms with van der Waals surface area (Å²) in [6.45, 7) is 4.35. The molecular formula is C24H26FN3O2. The molecule has 1 aliphatic rings. The lowest BCUT2D eigenvalue weighted by Gasteiger charge is -2.25. The molecule has 1 atom stereocenters. The summed E-state index contributed by atoms with van der Waals surface area (Å²) in [5, 5.41) is 0. The van der Waals surface area contributed by atoms with Gasteiger partial charge in [-0.2, -0.15) is 0 Å². The molecule has 0 aliphatic carbocycles. The van der Waals surface area contributed by atoms with Crippen molar-refractivity contribution < 1.29 is 13.9 Å². The predicted octanol–water partition coefficient (Wildman–Crippen LogP) is 4.20. The molecule has 3 aromatic rings. The minimum atomic E-state index is -0.356. The van der Waals surface area contributed by atoms with Crippen LogP contribution in [0.15, 0.2) is 60.9 Å². The Labute approximate surface area is 176 Å². The van der Waals surface area contributed by atoms with Gasteiger partial charge in [0.2, 0.25) is 0 Å². The molecular weight excluding hydrogens is 381 g/mol. The highest BCUT2D eigenvalue weighted by Gasteiger charge is 2.25. The van der Waals surface area contributed by atoms with E-state index in [0.717, 1.165) is 25.3 Å². The summed E-state index contributed by atoms with van der Waals surface area (Å²) in [4.78, 5) is 19.5. The Balaban J connectivity index is 1.54. The number of nitrogens with zero attached hydrogens (tertiary/aromatic N) is 3. The summed E-state index contributed by atoms with van der Waals surface area (Å²) in [5.74, 6) is 0.310. The average Bonchev–Trinajstić information content (AvgIpc) is 3.42. The largest absolute Gasteiger partial charge is 0.376 e. The molecule has 1 amide bonds. The average molecular weight is 407 g/mol. The molecule has 1 saturated heterocycles. The molecule has 0 unspecified atom stereocenters. The molecule has 0 saturated carbocycles. The Kier molecular flexibility index (Phi) is 6.23. The van der Waals surface area contributed by atoms with Crippen molar-refractivity contribution in [1.82, 2.24) is 14.5 Å². The van der Waals surface area contributed by atoms with Crippen LogP contribution < -0.4 is 0 Å². The highest BCUT2D eigenvalue weighted by Crippen LogP contribution is 2.18. The van der Waals surface area contributed by atoms with Crippen LogP contribution in [0, 0.1) is 12.7 Å². The summed E-state index contributed by atoms with van der Waals surface area (Å²) in [6, 6.07) is 14.1. The van der Waals surface area contributed by atoms with E-state index in [1.165, 1.54) is 35.4 Å². The molecule has 1 aliphatic heterocycles. The van der Waals surface area contributed by atoms with Crippen LogP contribution in [-0.4, -0.2) is 39.6 Å². The highest BCUT2D eigenvalue weighted by molar-refractivity contribution is 5.94. The first kappa shape index (κ1) is 20.3. The minimum Gasteiger partial charge on any atom is -0.376 e. The first-order valence-electron chi connectivity index (χ1n) is 10.3. The lowest BCUT2D eigenvalue weighted by Crippen LogP contribution is -2.37. The van der Waals surface area contributed by atoms with E-state index >= 15 is 0 Å². The van der Waals surface area contributed by atoms with Crippen molar-refractivity contribution in [2.45, 2.75) is 39.0 Å². The third-order valence-corrected chi connectivity index (χ3v) is 5.43. The number of carbonyl (C=O) groups is 1. The van der Waals surface area contributed by atoms with E-state index in [-0.39, 0.29) is 17.8 Å². The molecule has 2 heterocycles. The second-order valence-electron chi connectivity index (χ2n) is 7.78. The Morgan fingerprint density at radius 1 is 1.20 bits per heavy atom. The van der Waals surface area contributed by atoms with Gasteiger partial charge in [0.1, 0.15) is 11.6 Å². The smallest absolute Gasteiger partial charge is 0.254 e. The summed E-state index contributed by atoms with van der Waals surface area (Å²) in [7, 11) is 0. The van der Waals surface area contributed by atoms with Crippen LogP contribution in [0.2, 0.25) is 0 Å². The van der Waals surface area contributed by atoms with Gasteiger partial charge in [-0.1, -0.05) is 29.8 Å². The van der Waals surface area contributed by atoms with Crippen molar-refractivity contribution in [3.05, 3.63) is 89.3 Å². The highest BCUT2D eigenvalue weighted by atomic mass is 19.1. The van der Waals surface area contributed by atoms with Crippen molar-refractivity contribution >= 4 is 5.91 Å². The Bertz CT molecular complexity index is 976. The van der Waals surface area contributed by atoms with Crippen molar-refractivity contribution in [2.24, 2.45) is 0 Å². The van der Waals surface area contributed by atoms with E-state index in [4.69, 9.17) is 4.74 Å². The maximum absolute atomic E-state index is 13.3. The fraction of sp³-hybridized carbons (Fsp3) is 0.333. The molecule has 0 N–H and O–H groups in total. The number of ether oxygens (including phenoxy) is 1. The van der Waals surface area contributed by atoms with Gasteiger partial charge in [0.05, 0.1) is 12.6 Å². The van der Waals surface area contributed by atoms with Gasteiger partial charge < -0.3 is 14.2 Å². The Morgan fingerprint density at radius 3 is 2.67 bits per heavy atom. The fourth-order valence-electron chi connectivity index (χ4n) is 3.72. The Morgan fingerprint density at radius 2 is 1.97 bits per heavy atom. The van der Waals surface area contributed by atoms with E-state index in [2.05, 4.69) is 40.7 Å². The second kappa shape index (κ2) is 9.22. The van der Waals surface area contributed by atoms with Gasteiger partial charge in [-0.25, -0.2) is 9.37 Å². The maximum Gasteiger partial charge on any atom is 0.254 e. The van der Waals surface area contributed by atoms with E-state index in [1.807, 2.05) is 6.20 Å². The molecule has 1 aromatic heterocycles.